The zero-order valence-electron chi connectivity index (χ0n) is 10.1. The summed E-state index contributed by atoms with van der Waals surface area (Å²) in [6.07, 6.45) is 1.41. The molecule has 1 fully saturated rings. The monoisotopic (exact) mass is 239 g/mol. The summed E-state index contributed by atoms with van der Waals surface area (Å²) in [7, 11) is 2.12. The number of benzene rings is 1. The maximum absolute atomic E-state index is 6.14. The third-order valence-electron chi connectivity index (χ3n) is 3.08. The van der Waals surface area contributed by atoms with Crippen LogP contribution in [-0.2, 0) is 0 Å². The fourth-order valence-corrected chi connectivity index (χ4v) is 2.34. The van der Waals surface area contributed by atoms with E-state index in [-0.39, 0.29) is 0 Å². The Morgan fingerprint density at radius 3 is 2.75 bits per heavy atom. The molecule has 0 bridgehead atoms. The Hall–Kier alpha value is -0.730. The molecule has 1 heterocycles. The van der Waals surface area contributed by atoms with Crippen LogP contribution >= 0.6 is 11.6 Å². The first-order valence-electron chi connectivity index (χ1n) is 5.68. The van der Waals surface area contributed by atoms with E-state index in [1.165, 1.54) is 0 Å². The first kappa shape index (κ1) is 11.7. The minimum atomic E-state index is 0.307. The predicted molar refractivity (Wildman–Crippen MR) is 67.5 cm³/mol. The van der Waals surface area contributed by atoms with E-state index in [0.29, 0.717) is 6.10 Å². The van der Waals surface area contributed by atoms with Crippen molar-refractivity contribution in [2.24, 2.45) is 0 Å². The Labute approximate surface area is 102 Å². The van der Waals surface area contributed by atoms with E-state index in [2.05, 4.69) is 18.0 Å². The first-order valence-corrected chi connectivity index (χ1v) is 6.06. The number of rotatable bonds is 2. The van der Waals surface area contributed by atoms with Crippen molar-refractivity contribution in [2.75, 3.05) is 20.1 Å². The molecule has 1 aromatic carbocycles. The first-order chi connectivity index (χ1) is 7.56. The number of halogens is 1. The zero-order valence-corrected chi connectivity index (χ0v) is 10.8. The normalized spacial score (nSPS) is 21.4. The van der Waals surface area contributed by atoms with Gasteiger partial charge in [-0.1, -0.05) is 11.6 Å². The highest BCUT2D eigenvalue weighted by Gasteiger charge is 2.21. The molecule has 0 radical (unpaired) electrons. The van der Waals surface area contributed by atoms with Crippen molar-refractivity contribution < 1.29 is 4.74 Å². The fourth-order valence-electron chi connectivity index (χ4n) is 2.08. The molecule has 88 valence electrons. The molecule has 1 unspecified atom stereocenters. The third-order valence-corrected chi connectivity index (χ3v) is 3.48. The van der Waals surface area contributed by atoms with E-state index >= 15 is 0 Å². The zero-order chi connectivity index (χ0) is 11.7. The summed E-state index contributed by atoms with van der Waals surface area (Å²) in [5, 5.41) is 0.793. The van der Waals surface area contributed by atoms with Crippen LogP contribution in [0, 0.1) is 13.8 Å². The summed E-state index contributed by atoms with van der Waals surface area (Å²) in [5.41, 5.74) is 2.19. The Morgan fingerprint density at radius 1 is 1.38 bits per heavy atom. The molecule has 16 heavy (non-hydrogen) atoms. The lowest BCUT2D eigenvalue weighted by atomic mass is 10.1. The van der Waals surface area contributed by atoms with Crippen molar-refractivity contribution in [3.63, 3.8) is 0 Å². The number of hydrogen-bond acceptors (Lipinski definition) is 2. The molecular weight excluding hydrogens is 222 g/mol. The second kappa shape index (κ2) is 4.64. The van der Waals surface area contributed by atoms with Gasteiger partial charge in [0.25, 0.3) is 0 Å². The van der Waals surface area contributed by atoms with Gasteiger partial charge in [0.05, 0.1) is 0 Å². The van der Waals surface area contributed by atoms with Crippen LogP contribution in [0.1, 0.15) is 17.5 Å². The summed E-state index contributed by atoms with van der Waals surface area (Å²) >= 11 is 6.14. The van der Waals surface area contributed by atoms with Crippen LogP contribution in [-0.4, -0.2) is 31.1 Å². The van der Waals surface area contributed by atoms with Gasteiger partial charge >= 0.3 is 0 Å². The topological polar surface area (TPSA) is 12.5 Å². The molecule has 0 spiro atoms. The molecule has 3 heteroatoms. The Morgan fingerprint density at radius 2 is 2.12 bits per heavy atom. The molecular formula is C13H18ClNO. The molecule has 2 nitrogen and oxygen atoms in total. The van der Waals surface area contributed by atoms with Crippen LogP contribution < -0.4 is 4.74 Å². The van der Waals surface area contributed by atoms with Gasteiger partial charge in [-0.25, -0.2) is 0 Å². The molecule has 1 aliphatic heterocycles. The highest BCUT2D eigenvalue weighted by Crippen LogP contribution is 2.29. The van der Waals surface area contributed by atoms with Crippen LogP contribution in [0.4, 0.5) is 0 Å². The average molecular weight is 240 g/mol. The number of hydrogen-bond donors (Lipinski definition) is 0. The van der Waals surface area contributed by atoms with Crippen molar-refractivity contribution in [2.45, 2.75) is 26.4 Å². The van der Waals surface area contributed by atoms with Crippen molar-refractivity contribution in [1.82, 2.24) is 4.90 Å². The van der Waals surface area contributed by atoms with E-state index in [9.17, 15) is 0 Å². The van der Waals surface area contributed by atoms with Gasteiger partial charge in [0, 0.05) is 23.7 Å². The van der Waals surface area contributed by atoms with E-state index in [1.54, 1.807) is 0 Å². The number of likely N-dealkylation sites (N-methyl/N-ethyl adjacent to an activating group) is 1. The van der Waals surface area contributed by atoms with Crippen molar-refractivity contribution in [1.29, 1.82) is 0 Å². The molecule has 1 saturated heterocycles. The van der Waals surface area contributed by atoms with Gasteiger partial charge in [-0.3, -0.25) is 0 Å². The van der Waals surface area contributed by atoms with Crippen molar-refractivity contribution in [3.05, 3.63) is 28.3 Å². The summed E-state index contributed by atoms with van der Waals surface area (Å²) in [5.74, 6) is 0.935. The third kappa shape index (κ3) is 2.50. The van der Waals surface area contributed by atoms with Crippen LogP contribution in [0.2, 0.25) is 5.02 Å². The maximum Gasteiger partial charge on any atom is 0.124 e. The maximum atomic E-state index is 6.14. The highest BCUT2D eigenvalue weighted by atomic mass is 35.5. The van der Waals surface area contributed by atoms with E-state index in [0.717, 1.165) is 41.4 Å². The van der Waals surface area contributed by atoms with Crippen LogP contribution in [0.15, 0.2) is 12.1 Å². The van der Waals surface area contributed by atoms with Gasteiger partial charge in [0.15, 0.2) is 0 Å². The standard InChI is InChI=1S/C13H18ClNO/c1-9-6-12(14)10(2)13(7-9)16-11-4-5-15(3)8-11/h6-7,11H,4-5,8H2,1-3H3. The smallest absolute Gasteiger partial charge is 0.124 e. The van der Waals surface area contributed by atoms with Crippen LogP contribution in [0.5, 0.6) is 5.75 Å². The highest BCUT2D eigenvalue weighted by molar-refractivity contribution is 6.31. The van der Waals surface area contributed by atoms with Crippen molar-refractivity contribution in [3.8, 4) is 5.75 Å². The van der Waals surface area contributed by atoms with E-state index in [1.807, 2.05) is 19.9 Å². The van der Waals surface area contributed by atoms with Gasteiger partial charge < -0.3 is 9.64 Å². The SMILES string of the molecule is Cc1cc(Cl)c(C)c(OC2CCN(C)C2)c1. The second-order valence-electron chi connectivity index (χ2n) is 4.66. The number of likely N-dealkylation sites (tertiary alicyclic amines) is 1. The van der Waals surface area contributed by atoms with Crippen molar-refractivity contribution >= 4 is 11.6 Å². The molecule has 0 N–H and O–H groups in total. The lowest BCUT2D eigenvalue weighted by Crippen LogP contribution is -2.21. The van der Waals surface area contributed by atoms with E-state index in [4.69, 9.17) is 16.3 Å². The predicted octanol–water partition coefficient (Wildman–Crippen LogP) is 3.04. The second-order valence-corrected chi connectivity index (χ2v) is 5.07. The Bertz CT molecular complexity index is 392. The summed E-state index contributed by atoms with van der Waals surface area (Å²) in [6, 6.07) is 4.05. The van der Waals surface area contributed by atoms with Gasteiger partial charge in [0.2, 0.25) is 0 Å². The summed E-state index contributed by atoms with van der Waals surface area (Å²) in [4.78, 5) is 2.29. The average Bonchev–Trinajstić information content (AvgIpc) is 2.60. The minimum Gasteiger partial charge on any atom is -0.489 e. The summed E-state index contributed by atoms with van der Waals surface area (Å²) in [6.45, 7) is 6.17. The molecule has 0 amide bonds. The number of ether oxygens (including phenoxy) is 1. The molecule has 1 aromatic rings. The minimum absolute atomic E-state index is 0.307. The number of nitrogens with zero attached hydrogens (tertiary/aromatic N) is 1. The van der Waals surface area contributed by atoms with Gasteiger partial charge in [-0.15, -0.1) is 0 Å². The summed E-state index contributed by atoms with van der Waals surface area (Å²) < 4.78 is 6.01. The number of aryl methyl sites for hydroxylation is 1. The lowest BCUT2D eigenvalue weighted by molar-refractivity contribution is 0.207. The van der Waals surface area contributed by atoms with Crippen LogP contribution in [0.25, 0.3) is 0 Å². The molecule has 0 aromatic heterocycles. The van der Waals surface area contributed by atoms with E-state index < -0.39 is 0 Å². The Balaban J connectivity index is 2.15. The lowest BCUT2D eigenvalue weighted by Gasteiger charge is -2.17. The quantitative estimate of drug-likeness (QED) is 0.787. The van der Waals surface area contributed by atoms with Gasteiger partial charge in [0.1, 0.15) is 11.9 Å². The molecule has 1 aliphatic rings. The molecule has 2 rings (SSSR count). The fraction of sp³-hybridized carbons (Fsp3) is 0.538. The molecule has 1 atom stereocenters. The Kier molecular flexibility index (Phi) is 3.41. The molecule has 0 aliphatic carbocycles. The molecule has 0 saturated carbocycles. The largest absolute Gasteiger partial charge is 0.489 e. The van der Waals surface area contributed by atoms with Crippen LogP contribution in [0.3, 0.4) is 0 Å². The van der Waals surface area contributed by atoms with Gasteiger partial charge in [-0.2, -0.15) is 0 Å². The van der Waals surface area contributed by atoms with Gasteiger partial charge in [-0.05, 0) is 45.0 Å².